The fourth-order valence-corrected chi connectivity index (χ4v) is 3.63. The number of amides is 3. The van der Waals surface area contributed by atoms with E-state index < -0.39 is 23.7 Å². The smallest absolute Gasteiger partial charge is 0.396 e. The van der Waals surface area contributed by atoms with E-state index in [0.717, 1.165) is 0 Å². The normalized spacial score (nSPS) is 18.7. The topological polar surface area (TPSA) is 107 Å². The van der Waals surface area contributed by atoms with Gasteiger partial charge in [0.1, 0.15) is 12.1 Å². The molecule has 0 saturated carbocycles. The molecule has 0 bridgehead atoms. The zero-order valence-corrected chi connectivity index (χ0v) is 26.2. The Morgan fingerprint density at radius 3 is 1.87 bits per heavy atom. The summed E-state index contributed by atoms with van der Waals surface area (Å²) in [6.45, 7) is 14.1. The van der Waals surface area contributed by atoms with Gasteiger partial charge < -0.3 is 29.4 Å². The van der Waals surface area contributed by atoms with Gasteiger partial charge in [0.25, 0.3) is 5.91 Å². The Bertz CT molecular complexity index is 750. The zero-order chi connectivity index (χ0) is 30.5. The molecule has 2 unspecified atom stereocenters. The van der Waals surface area contributed by atoms with E-state index in [-0.39, 0.29) is 42.5 Å². The van der Waals surface area contributed by atoms with Gasteiger partial charge in [0.05, 0.1) is 52.8 Å². The molecule has 1 rings (SSSR count). The molecular formula is C26H48BrF3N2O7. The third-order valence-corrected chi connectivity index (χ3v) is 7.46. The first kappa shape index (κ1) is 38.0. The van der Waals surface area contributed by atoms with Gasteiger partial charge in [0, 0.05) is 28.7 Å². The fraction of sp³-hybridized carbons (Fsp3) is 0.923. The van der Waals surface area contributed by atoms with Crippen molar-refractivity contribution in [2.75, 3.05) is 71.8 Å². The SMILES string of the molecule is CCC(C)(COCC(F)(F)F)COCC(C)(CO)CBr.COCC(C)(C)COCCN1C(=O)NC(C)(C)C1=O. The maximum Gasteiger partial charge on any atom is 0.411 e. The molecule has 2 N–H and O–H groups in total. The molecule has 0 spiro atoms. The number of nitrogens with one attached hydrogen (secondary N) is 1. The largest absolute Gasteiger partial charge is 0.411 e. The lowest BCUT2D eigenvalue weighted by atomic mass is 9.89. The van der Waals surface area contributed by atoms with E-state index >= 15 is 0 Å². The van der Waals surface area contributed by atoms with E-state index in [2.05, 4.69) is 21.2 Å². The van der Waals surface area contributed by atoms with Crippen LogP contribution in [0.3, 0.4) is 0 Å². The molecule has 0 aliphatic carbocycles. The molecule has 1 aliphatic heterocycles. The summed E-state index contributed by atoms with van der Waals surface area (Å²) in [5, 5.41) is 12.5. The third-order valence-electron chi connectivity index (χ3n) is 6.11. The highest BCUT2D eigenvalue weighted by Crippen LogP contribution is 2.26. The first-order chi connectivity index (χ1) is 17.8. The van der Waals surface area contributed by atoms with Crippen LogP contribution in [0.25, 0.3) is 0 Å². The second kappa shape index (κ2) is 16.5. The molecule has 9 nitrogen and oxygen atoms in total. The van der Waals surface area contributed by atoms with Crippen molar-refractivity contribution < 1.29 is 46.8 Å². The summed E-state index contributed by atoms with van der Waals surface area (Å²) in [4.78, 5) is 24.7. The lowest BCUT2D eigenvalue weighted by Crippen LogP contribution is -2.40. The van der Waals surface area contributed by atoms with Crippen molar-refractivity contribution in [3.63, 3.8) is 0 Å². The van der Waals surface area contributed by atoms with Crippen LogP contribution in [-0.4, -0.2) is 105 Å². The number of rotatable bonds is 17. The van der Waals surface area contributed by atoms with Crippen molar-refractivity contribution in [2.24, 2.45) is 16.2 Å². The number of hydrogen-bond acceptors (Lipinski definition) is 7. The average molecular weight is 638 g/mol. The van der Waals surface area contributed by atoms with Crippen LogP contribution in [-0.2, 0) is 23.7 Å². The fourth-order valence-electron chi connectivity index (χ4n) is 3.29. The molecule has 1 aliphatic rings. The van der Waals surface area contributed by atoms with Crippen LogP contribution in [0.4, 0.5) is 18.0 Å². The second-order valence-electron chi connectivity index (χ2n) is 12.0. The van der Waals surface area contributed by atoms with E-state index in [1.165, 1.54) is 4.90 Å². The molecule has 1 fully saturated rings. The Morgan fingerprint density at radius 1 is 0.923 bits per heavy atom. The van der Waals surface area contributed by atoms with Crippen LogP contribution in [0.15, 0.2) is 0 Å². The number of aliphatic hydroxyl groups excluding tert-OH is 1. The molecule has 3 amide bonds. The highest BCUT2D eigenvalue weighted by molar-refractivity contribution is 9.09. The molecule has 1 heterocycles. The molecule has 232 valence electrons. The number of carbonyl (C=O) groups is 2. The molecule has 2 atom stereocenters. The summed E-state index contributed by atoms with van der Waals surface area (Å²) in [6, 6.07) is -0.352. The Hall–Kier alpha value is -0.990. The highest BCUT2D eigenvalue weighted by Gasteiger charge is 2.43. The van der Waals surface area contributed by atoms with Crippen LogP contribution in [0.1, 0.15) is 54.9 Å². The van der Waals surface area contributed by atoms with Crippen LogP contribution < -0.4 is 5.32 Å². The van der Waals surface area contributed by atoms with Crippen molar-refractivity contribution >= 4 is 27.9 Å². The minimum atomic E-state index is -4.30. The lowest BCUT2D eigenvalue weighted by Gasteiger charge is -2.31. The highest BCUT2D eigenvalue weighted by atomic mass is 79.9. The molecule has 0 aromatic rings. The van der Waals surface area contributed by atoms with Crippen LogP contribution in [0.5, 0.6) is 0 Å². The number of nitrogens with zero attached hydrogens (tertiary/aromatic N) is 1. The van der Waals surface area contributed by atoms with Crippen molar-refractivity contribution in [3.8, 4) is 0 Å². The minimum absolute atomic E-state index is 0.00678. The van der Waals surface area contributed by atoms with Gasteiger partial charge in [-0.1, -0.05) is 50.5 Å². The van der Waals surface area contributed by atoms with Gasteiger partial charge in [-0.05, 0) is 20.3 Å². The van der Waals surface area contributed by atoms with Crippen molar-refractivity contribution in [2.45, 2.75) is 66.6 Å². The number of imide groups is 1. The van der Waals surface area contributed by atoms with Gasteiger partial charge in [-0.15, -0.1) is 0 Å². The number of halogens is 4. The number of alkyl halides is 4. The molecule has 13 heteroatoms. The first-order valence-electron chi connectivity index (χ1n) is 12.9. The second-order valence-corrected chi connectivity index (χ2v) is 12.6. The maximum absolute atomic E-state index is 12.0. The summed E-state index contributed by atoms with van der Waals surface area (Å²) >= 11 is 3.30. The summed E-state index contributed by atoms with van der Waals surface area (Å²) in [5.74, 6) is -0.211. The van der Waals surface area contributed by atoms with E-state index in [4.69, 9.17) is 18.9 Å². The van der Waals surface area contributed by atoms with E-state index in [1.807, 2.05) is 34.6 Å². The lowest BCUT2D eigenvalue weighted by molar-refractivity contribution is -0.183. The van der Waals surface area contributed by atoms with E-state index in [9.17, 15) is 27.9 Å². The molecule has 0 radical (unpaired) electrons. The molecule has 1 saturated heterocycles. The molecule has 39 heavy (non-hydrogen) atoms. The van der Waals surface area contributed by atoms with Gasteiger partial charge in [0.15, 0.2) is 0 Å². The van der Waals surface area contributed by atoms with Crippen LogP contribution in [0.2, 0.25) is 0 Å². The monoisotopic (exact) mass is 636 g/mol. The number of hydrogen-bond donors (Lipinski definition) is 2. The predicted molar refractivity (Wildman–Crippen MR) is 146 cm³/mol. The van der Waals surface area contributed by atoms with Crippen molar-refractivity contribution in [3.05, 3.63) is 0 Å². The minimum Gasteiger partial charge on any atom is -0.396 e. The number of aliphatic hydroxyl groups is 1. The average Bonchev–Trinajstić information content (AvgIpc) is 3.02. The summed E-state index contributed by atoms with van der Waals surface area (Å²) in [7, 11) is 1.65. The Labute approximate surface area is 239 Å². The number of methoxy groups -OCH3 is 1. The Kier molecular flexibility index (Phi) is 16.0. The first-order valence-corrected chi connectivity index (χ1v) is 14.0. The number of urea groups is 1. The van der Waals surface area contributed by atoms with E-state index in [1.54, 1.807) is 21.0 Å². The third kappa shape index (κ3) is 15.0. The quantitative estimate of drug-likeness (QED) is 0.138. The van der Waals surface area contributed by atoms with Gasteiger partial charge in [-0.25, -0.2) is 4.79 Å². The summed E-state index contributed by atoms with van der Waals surface area (Å²) < 4.78 is 57.0. The number of ether oxygens (including phenoxy) is 4. The predicted octanol–water partition coefficient (Wildman–Crippen LogP) is 4.40. The van der Waals surface area contributed by atoms with Crippen molar-refractivity contribution in [1.29, 1.82) is 0 Å². The van der Waals surface area contributed by atoms with Crippen LogP contribution in [0, 0.1) is 16.2 Å². The zero-order valence-electron chi connectivity index (χ0n) is 24.6. The van der Waals surface area contributed by atoms with Gasteiger partial charge in [-0.2, -0.15) is 13.2 Å². The molecule has 0 aromatic carbocycles. The van der Waals surface area contributed by atoms with Crippen molar-refractivity contribution in [1.82, 2.24) is 10.2 Å². The van der Waals surface area contributed by atoms with Gasteiger partial charge in [0.2, 0.25) is 0 Å². The van der Waals surface area contributed by atoms with Gasteiger partial charge in [-0.3, -0.25) is 9.69 Å². The number of carbonyl (C=O) groups excluding carboxylic acids is 2. The summed E-state index contributed by atoms with van der Waals surface area (Å²) in [6.07, 6.45) is -3.66. The van der Waals surface area contributed by atoms with Gasteiger partial charge >= 0.3 is 12.2 Å². The Balaban J connectivity index is 0.000000741. The Morgan fingerprint density at radius 2 is 1.46 bits per heavy atom. The standard InChI is InChI=1S/C13H24BrF3O3.C13H24N2O4/c1-4-11(2,8-20-10-13(15,16)17)7-19-9-12(3,5-14)6-18;1-12(2,8-18-5)9-19-7-6-15-10(16)13(3,4)14-11(15)17/h18H,4-10H2,1-3H3;6-9H2,1-5H3,(H,14,17). The van der Waals surface area contributed by atoms with Crippen LogP contribution >= 0.6 is 15.9 Å². The molecule has 0 aromatic heterocycles. The summed E-state index contributed by atoms with van der Waals surface area (Å²) in [5.41, 5.74) is -1.74. The maximum atomic E-state index is 12.0. The molecular weight excluding hydrogens is 589 g/mol. The van der Waals surface area contributed by atoms with E-state index in [0.29, 0.717) is 44.8 Å².